The van der Waals surface area contributed by atoms with Crippen molar-refractivity contribution in [1.82, 2.24) is 4.57 Å². The van der Waals surface area contributed by atoms with Gasteiger partial charge in [-0.15, -0.1) is 0 Å². The molecule has 0 bridgehead atoms. The van der Waals surface area contributed by atoms with Crippen LogP contribution in [0.3, 0.4) is 0 Å². The van der Waals surface area contributed by atoms with Gasteiger partial charge in [0, 0.05) is 5.56 Å². The summed E-state index contributed by atoms with van der Waals surface area (Å²) in [6.45, 7) is 3.61. The molecule has 0 saturated carbocycles. The first-order valence-electron chi connectivity index (χ1n) is 12.8. The number of carbonyl (C=O) groups excluding carboxylic acids is 1. The van der Waals surface area contributed by atoms with Crippen LogP contribution in [0.1, 0.15) is 36.6 Å². The molecule has 1 unspecified atom stereocenters. The lowest BCUT2D eigenvalue weighted by Gasteiger charge is -2.24. The maximum Gasteiger partial charge on any atom is 0.338 e. The van der Waals surface area contributed by atoms with Gasteiger partial charge in [-0.25, -0.2) is 14.2 Å². The second-order valence-corrected chi connectivity index (χ2v) is 10.5. The SMILES string of the molecule is CCOC(=O)C1=C(C)N=c2s/c(=C/c3ccc(OCc4c(F)cccc4Cl)c(OC)c3)c(=O)n2C1c1ccccc1. The lowest BCUT2D eigenvalue weighted by molar-refractivity contribution is -0.139. The Morgan fingerprint density at radius 2 is 1.90 bits per heavy atom. The maximum atomic E-state index is 14.2. The highest BCUT2D eigenvalue weighted by Crippen LogP contribution is 2.32. The minimum absolute atomic E-state index is 0.0819. The van der Waals surface area contributed by atoms with E-state index >= 15 is 0 Å². The van der Waals surface area contributed by atoms with Crippen LogP contribution in [0.5, 0.6) is 11.5 Å². The molecule has 0 amide bonds. The molecule has 0 spiro atoms. The largest absolute Gasteiger partial charge is 0.493 e. The van der Waals surface area contributed by atoms with E-state index in [9.17, 15) is 14.0 Å². The van der Waals surface area contributed by atoms with E-state index in [1.165, 1.54) is 35.1 Å². The zero-order valence-corrected chi connectivity index (χ0v) is 24.1. The van der Waals surface area contributed by atoms with Crippen LogP contribution < -0.4 is 24.4 Å². The Morgan fingerprint density at radius 1 is 1.12 bits per heavy atom. The standard InChI is InChI=1S/C31H26ClFN2O5S/c1-4-39-30(37)27-18(2)34-31-35(28(27)20-9-6-5-7-10-20)29(36)26(41-31)16-19-13-14-24(25(15-19)38-3)40-17-21-22(32)11-8-12-23(21)33/h5-16,28H,4,17H2,1-3H3/b26-16+. The van der Waals surface area contributed by atoms with Crippen molar-refractivity contribution < 1.29 is 23.4 Å². The first-order chi connectivity index (χ1) is 19.8. The molecule has 1 aliphatic rings. The molecule has 1 aliphatic heterocycles. The van der Waals surface area contributed by atoms with Crippen LogP contribution in [-0.2, 0) is 16.1 Å². The Hall–Kier alpha value is -4.21. The first kappa shape index (κ1) is 28.3. The van der Waals surface area contributed by atoms with Crippen LogP contribution in [0.4, 0.5) is 4.39 Å². The summed E-state index contributed by atoms with van der Waals surface area (Å²) in [5.74, 6) is -0.168. The predicted octanol–water partition coefficient (Wildman–Crippen LogP) is 5.18. The molecule has 4 aromatic rings. The number of hydrogen-bond donors (Lipinski definition) is 0. The highest BCUT2D eigenvalue weighted by molar-refractivity contribution is 7.07. The fourth-order valence-electron chi connectivity index (χ4n) is 4.61. The average Bonchev–Trinajstić information content (AvgIpc) is 3.26. The maximum absolute atomic E-state index is 14.2. The quantitative estimate of drug-likeness (QED) is 0.264. The van der Waals surface area contributed by atoms with Crippen molar-refractivity contribution in [2.24, 2.45) is 4.99 Å². The molecule has 41 heavy (non-hydrogen) atoms. The molecule has 210 valence electrons. The Bertz CT molecular complexity index is 1810. The van der Waals surface area contributed by atoms with Crippen molar-refractivity contribution in [1.29, 1.82) is 0 Å². The van der Waals surface area contributed by atoms with Crippen LogP contribution in [-0.4, -0.2) is 24.3 Å². The number of rotatable bonds is 8. The van der Waals surface area contributed by atoms with E-state index < -0.39 is 17.8 Å². The van der Waals surface area contributed by atoms with Gasteiger partial charge in [-0.3, -0.25) is 9.36 Å². The molecule has 3 aromatic carbocycles. The normalized spacial score (nSPS) is 14.9. The Labute approximate surface area is 244 Å². The minimum atomic E-state index is -0.677. The molecule has 0 aliphatic carbocycles. The summed E-state index contributed by atoms with van der Waals surface area (Å²) >= 11 is 7.35. The van der Waals surface area contributed by atoms with Gasteiger partial charge in [0.1, 0.15) is 12.4 Å². The third-order valence-corrected chi connectivity index (χ3v) is 7.89. The zero-order valence-electron chi connectivity index (χ0n) is 22.5. The Balaban J connectivity index is 1.53. The van der Waals surface area contributed by atoms with Crippen LogP contribution in [0.25, 0.3) is 6.08 Å². The fraction of sp³-hybridized carbons (Fsp3) is 0.194. The number of nitrogens with zero attached hydrogens (tertiary/aromatic N) is 2. The summed E-state index contributed by atoms with van der Waals surface area (Å²) in [7, 11) is 1.50. The van der Waals surface area contributed by atoms with E-state index in [4.69, 9.17) is 25.8 Å². The molecule has 7 nitrogen and oxygen atoms in total. The summed E-state index contributed by atoms with van der Waals surface area (Å²) in [5.41, 5.74) is 2.24. The number of aromatic nitrogens is 1. The number of thiazole rings is 1. The van der Waals surface area contributed by atoms with Crippen LogP contribution >= 0.6 is 22.9 Å². The molecule has 0 fully saturated rings. The molecule has 0 saturated heterocycles. The van der Waals surface area contributed by atoms with Gasteiger partial charge < -0.3 is 14.2 Å². The van der Waals surface area contributed by atoms with E-state index in [0.717, 1.165) is 5.56 Å². The van der Waals surface area contributed by atoms with E-state index in [1.807, 2.05) is 30.3 Å². The molecular weight excluding hydrogens is 567 g/mol. The van der Waals surface area contributed by atoms with Crippen molar-refractivity contribution in [3.63, 3.8) is 0 Å². The number of esters is 1. The van der Waals surface area contributed by atoms with Crippen LogP contribution in [0.15, 0.2) is 87.8 Å². The zero-order chi connectivity index (χ0) is 29.1. The summed E-state index contributed by atoms with van der Waals surface area (Å²) in [4.78, 5) is 31.8. The van der Waals surface area contributed by atoms with E-state index in [1.54, 1.807) is 44.2 Å². The van der Waals surface area contributed by atoms with E-state index in [0.29, 0.717) is 37.7 Å². The number of hydrogen-bond acceptors (Lipinski definition) is 7. The van der Waals surface area contributed by atoms with Gasteiger partial charge in [0.25, 0.3) is 5.56 Å². The van der Waals surface area contributed by atoms with Gasteiger partial charge in [0.05, 0.1) is 40.6 Å². The second-order valence-electron chi connectivity index (χ2n) is 9.11. The number of methoxy groups -OCH3 is 1. The number of benzene rings is 3. The molecule has 5 rings (SSSR count). The molecule has 1 atom stereocenters. The van der Waals surface area contributed by atoms with Gasteiger partial charge in [0.15, 0.2) is 16.3 Å². The van der Waals surface area contributed by atoms with Gasteiger partial charge in [-0.2, -0.15) is 0 Å². The van der Waals surface area contributed by atoms with E-state index in [-0.39, 0.29) is 29.4 Å². The van der Waals surface area contributed by atoms with Gasteiger partial charge in [-0.1, -0.05) is 65.4 Å². The third kappa shape index (κ3) is 5.68. The highest BCUT2D eigenvalue weighted by Gasteiger charge is 2.33. The topological polar surface area (TPSA) is 79.1 Å². The number of ether oxygens (including phenoxy) is 3. The van der Waals surface area contributed by atoms with Crippen molar-refractivity contribution in [3.8, 4) is 11.5 Å². The fourth-order valence-corrected chi connectivity index (χ4v) is 5.87. The number of carbonyl (C=O) groups is 1. The highest BCUT2D eigenvalue weighted by atomic mass is 35.5. The third-order valence-electron chi connectivity index (χ3n) is 6.55. The lowest BCUT2D eigenvalue weighted by atomic mass is 9.96. The van der Waals surface area contributed by atoms with Gasteiger partial charge in [0.2, 0.25) is 0 Å². The smallest absolute Gasteiger partial charge is 0.338 e. The summed E-state index contributed by atoms with van der Waals surface area (Å²) in [6.07, 6.45) is 1.73. The molecule has 0 radical (unpaired) electrons. The van der Waals surface area contributed by atoms with Crippen LogP contribution in [0.2, 0.25) is 5.02 Å². The van der Waals surface area contributed by atoms with Crippen molar-refractivity contribution >= 4 is 35.0 Å². The summed E-state index contributed by atoms with van der Waals surface area (Å²) < 4.78 is 32.8. The number of allylic oxidation sites excluding steroid dienone is 1. The number of fused-ring (bicyclic) bond motifs is 1. The Morgan fingerprint density at radius 3 is 2.61 bits per heavy atom. The van der Waals surface area contributed by atoms with Crippen molar-refractivity contribution in [2.45, 2.75) is 26.5 Å². The van der Waals surface area contributed by atoms with Gasteiger partial charge >= 0.3 is 5.97 Å². The lowest BCUT2D eigenvalue weighted by Crippen LogP contribution is -2.39. The summed E-state index contributed by atoms with van der Waals surface area (Å²) in [5, 5.41) is 0.270. The Kier molecular flexibility index (Phi) is 8.37. The predicted molar refractivity (Wildman–Crippen MR) is 156 cm³/mol. The monoisotopic (exact) mass is 592 g/mol. The molecular formula is C31H26ClFN2O5S. The second kappa shape index (κ2) is 12.1. The number of halogens is 2. The molecule has 1 aromatic heterocycles. The molecule has 0 N–H and O–H groups in total. The van der Waals surface area contributed by atoms with Gasteiger partial charge in [-0.05, 0) is 55.3 Å². The molecule has 10 heteroatoms. The van der Waals surface area contributed by atoms with Crippen LogP contribution in [0, 0.1) is 5.82 Å². The summed E-state index contributed by atoms with van der Waals surface area (Å²) in [6, 6.07) is 18.3. The minimum Gasteiger partial charge on any atom is -0.493 e. The first-order valence-corrected chi connectivity index (χ1v) is 14.0. The molecule has 2 heterocycles. The van der Waals surface area contributed by atoms with Crippen molar-refractivity contribution in [2.75, 3.05) is 13.7 Å². The van der Waals surface area contributed by atoms with E-state index in [2.05, 4.69) is 4.99 Å². The average molecular weight is 593 g/mol. The van der Waals surface area contributed by atoms with Crippen molar-refractivity contribution in [3.05, 3.63) is 125 Å².